The third-order valence-electron chi connectivity index (χ3n) is 2.26. The van der Waals surface area contributed by atoms with Gasteiger partial charge in [0.2, 0.25) is 0 Å². The van der Waals surface area contributed by atoms with Crippen molar-refractivity contribution >= 4 is 11.0 Å². The summed E-state index contributed by atoms with van der Waals surface area (Å²) in [6.45, 7) is 3.58. The maximum atomic E-state index is 12.0. The molecule has 0 aromatic heterocycles. The highest BCUT2D eigenvalue weighted by molar-refractivity contribution is 7.82. The lowest BCUT2D eigenvalue weighted by Gasteiger charge is -2.25. The van der Waals surface area contributed by atoms with Gasteiger partial charge < -0.3 is 5.32 Å². The standard InChI is InChI=1S/C10H14N2OS/c13-14(10-4-2-1-3-5-10)12-8-6-11-7-9-12/h1-5,11H,6-9H2. The Morgan fingerprint density at radius 2 is 1.79 bits per heavy atom. The Bertz CT molecular complexity index is 309. The number of nitrogens with one attached hydrogen (secondary N) is 1. The topological polar surface area (TPSA) is 32.3 Å². The Kier molecular flexibility index (Phi) is 3.29. The van der Waals surface area contributed by atoms with Gasteiger partial charge in [0.1, 0.15) is 11.0 Å². The molecule has 1 fully saturated rings. The Morgan fingerprint density at radius 1 is 1.14 bits per heavy atom. The maximum absolute atomic E-state index is 12.0. The summed E-state index contributed by atoms with van der Waals surface area (Å²) in [5, 5.41) is 3.24. The van der Waals surface area contributed by atoms with E-state index in [9.17, 15) is 4.21 Å². The molecule has 0 bridgehead atoms. The number of nitrogens with zero attached hydrogens (tertiary/aromatic N) is 1. The van der Waals surface area contributed by atoms with Crippen LogP contribution < -0.4 is 5.32 Å². The van der Waals surface area contributed by atoms with Crippen molar-refractivity contribution in [3.63, 3.8) is 0 Å². The molecule has 4 heteroatoms. The van der Waals surface area contributed by atoms with Gasteiger partial charge in [-0.05, 0) is 12.1 Å². The highest BCUT2D eigenvalue weighted by Gasteiger charge is 2.16. The zero-order valence-corrected chi connectivity index (χ0v) is 8.80. The summed E-state index contributed by atoms with van der Waals surface area (Å²) in [6.07, 6.45) is 0. The molecule has 1 aliphatic heterocycles. The van der Waals surface area contributed by atoms with Crippen LogP contribution in [0.3, 0.4) is 0 Å². The first-order valence-corrected chi connectivity index (χ1v) is 5.91. The summed E-state index contributed by atoms with van der Waals surface area (Å²) in [5.41, 5.74) is 0. The van der Waals surface area contributed by atoms with Crippen molar-refractivity contribution in [3.05, 3.63) is 30.3 Å². The van der Waals surface area contributed by atoms with E-state index in [-0.39, 0.29) is 0 Å². The Balaban J connectivity index is 2.07. The SMILES string of the molecule is O=S(c1ccccc1)N1CCNCC1. The molecule has 2 rings (SSSR count). The molecule has 14 heavy (non-hydrogen) atoms. The van der Waals surface area contributed by atoms with Crippen molar-refractivity contribution in [2.75, 3.05) is 26.2 Å². The van der Waals surface area contributed by atoms with Gasteiger partial charge in [-0.3, -0.25) is 0 Å². The first-order valence-electron chi connectivity index (χ1n) is 4.80. The van der Waals surface area contributed by atoms with Crippen LogP contribution in [0.15, 0.2) is 35.2 Å². The van der Waals surface area contributed by atoms with E-state index in [2.05, 4.69) is 5.32 Å². The molecular weight excluding hydrogens is 196 g/mol. The smallest absolute Gasteiger partial charge is 0.127 e. The van der Waals surface area contributed by atoms with Crippen LogP contribution in [-0.4, -0.2) is 34.7 Å². The zero-order chi connectivity index (χ0) is 9.80. The molecule has 0 amide bonds. The van der Waals surface area contributed by atoms with Crippen LogP contribution in [0.2, 0.25) is 0 Å². The molecule has 0 radical (unpaired) electrons. The summed E-state index contributed by atoms with van der Waals surface area (Å²) < 4.78 is 14.0. The molecule has 1 N–H and O–H groups in total. The molecule has 3 nitrogen and oxygen atoms in total. The van der Waals surface area contributed by atoms with E-state index < -0.39 is 11.0 Å². The molecule has 1 heterocycles. The van der Waals surface area contributed by atoms with Gasteiger partial charge in [0.05, 0.1) is 4.90 Å². The summed E-state index contributed by atoms with van der Waals surface area (Å²) in [4.78, 5) is 0.898. The fraction of sp³-hybridized carbons (Fsp3) is 0.400. The van der Waals surface area contributed by atoms with Crippen molar-refractivity contribution in [3.8, 4) is 0 Å². The Hall–Kier alpha value is -0.710. The summed E-state index contributed by atoms with van der Waals surface area (Å²) in [7, 11) is -0.977. The van der Waals surface area contributed by atoms with E-state index in [0.29, 0.717) is 0 Å². The van der Waals surface area contributed by atoms with Crippen LogP contribution in [0, 0.1) is 0 Å². The summed E-state index contributed by atoms with van der Waals surface area (Å²) in [6, 6.07) is 9.62. The highest BCUT2D eigenvalue weighted by atomic mass is 32.2. The van der Waals surface area contributed by atoms with E-state index in [1.165, 1.54) is 0 Å². The first-order chi connectivity index (χ1) is 6.88. The molecular formula is C10H14N2OS. The number of benzene rings is 1. The van der Waals surface area contributed by atoms with Crippen LogP contribution in [0.1, 0.15) is 0 Å². The Labute approximate surface area is 86.7 Å². The van der Waals surface area contributed by atoms with Crippen LogP contribution in [0.4, 0.5) is 0 Å². The largest absolute Gasteiger partial charge is 0.314 e. The lowest BCUT2D eigenvalue weighted by atomic mass is 10.4. The average Bonchev–Trinajstić information content (AvgIpc) is 2.30. The second-order valence-electron chi connectivity index (χ2n) is 3.24. The number of rotatable bonds is 2. The van der Waals surface area contributed by atoms with Gasteiger partial charge in [-0.15, -0.1) is 0 Å². The first kappa shape index (κ1) is 9.83. The predicted molar refractivity (Wildman–Crippen MR) is 57.3 cm³/mol. The fourth-order valence-corrected chi connectivity index (χ4v) is 2.70. The zero-order valence-electron chi connectivity index (χ0n) is 7.98. The minimum atomic E-state index is -0.977. The molecule has 1 unspecified atom stereocenters. The predicted octanol–water partition coefficient (Wildman–Crippen LogP) is 0.614. The molecule has 0 aliphatic carbocycles. The second-order valence-corrected chi connectivity index (χ2v) is 4.73. The van der Waals surface area contributed by atoms with Gasteiger partial charge in [-0.25, -0.2) is 8.51 Å². The van der Waals surface area contributed by atoms with E-state index >= 15 is 0 Å². The second kappa shape index (κ2) is 4.68. The van der Waals surface area contributed by atoms with Gasteiger partial charge in [0, 0.05) is 26.2 Å². The summed E-state index contributed by atoms with van der Waals surface area (Å²) in [5.74, 6) is 0. The number of piperazine rings is 1. The molecule has 1 aromatic rings. The quantitative estimate of drug-likeness (QED) is 0.776. The van der Waals surface area contributed by atoms with Gasteiger partial charge in [0.25, 0.3) is 0 Å². The molecule has 0 spiro atoms. The lowest BCUT2D eigenvalue weighted by Crippen LogP contribution is -2.44. The fourth-order valence-electron chi connectivity index (χ4n) is 1.50. The minimum absolute atomic E-state index is 0.863. The van der Waals surface area contributed by atoms with E-state index in [1.807, 2.05) is 34.6 Å². The third kappa shape index (κ3) is 2.20. The average molecular weight is 210 g/mol. The molecule has 1 aliphatic rings. The highest BCUT2D eigenvalue weighted by Crippen LogP contribution is 2.10. The number of hydrogen-bond acceptors (Lipinski definition) is 2. The van der Waals surface area contributed by atoms with Crippen molar-refractivity contribution in [1.29, 1.82) is 0 Å². The Morgan fingerprint density at radius 3 is 2.43 bits per heavy atom. The van der Waals surface area contributed by atoms with Crippen LogP contribution in [0.5, 0.6) is 0 Å². The molecule has 1 saturated heterocycles. The van der Waals surface area contributed by atoms with Gasteiger partial charge in [-0.2, -0.15) is 0 Å². The maximum Gasteiger partial charge on any atom is 0.127 e. The third-order valence-corrected chi connectivity index (χ3v) is 3.76. The van der Waals surface area contributed by atoms with Crippen molar-refractivity contribution in [2.45, 2.75) is 4.90 Å². The van der Waals surface area contributed by atoms with Gasteiger partial charge in [-0.1, -0.05) is 18.2 Å². The van der Waals surface area contributed by atoms with Crippen molar-refractivity contribution < 1.29 is 4.21 Å². The van der Waals surface area contributed by atoms with E-state index in [0.717, 1.165) is 31.1 Å². The minimum Gasteiger partial charge on any atom is -0.314 e. The van der Waals surface area contributed by atoms with Gasteiger partial charge in [0.15, 0.2) is 0 Å². The monoisotopic (exact) mass is 210 g/mol. The van der Waals surface area contributed by atoms with Crippen LogP contribution in [0.25, 0.3) is 0 Å². The van der Waals surface area contributed by atoms with Crippen LogP contribution >= 0.6 is 0 Å². The molecule has 1 aromatic carbocycles. The van der Waals surface area contributed by atoms with E-state index in [1.54, 1.807) is 0 Å². The van der Waals surface area contributed by atoms with E-state index in [4.69, 9.17) is 0 Å². The molecule has 76 valence electrons. The normalized spacial score (nSPS) is 20.6. The summed E-state index contributed by atoms with van der Waals surface area (Å²) >= 11 is 0. The number of hydrogen-bond donors (Lipinski definition) is 1. The molecule has 1 atom stereocenters. The lowest BCUT2D eigenvalue weighted by molar-refractivity contribution is 0.380. The van der Waals surface area contributed by atoms with Crippen molar-refractivity contribution in [1.82, 2.24) is 9.62 Å². The van der Waals surface area contributed by atoms with Crippen molar-refractivity contribution in [2.24, 2.45) is 0 Å². The van der Waals surface area contributed by atoms with Crippen LogP contribution in [-0.2, 0) is 11.0 Å². The van der Waals surface area contributed by atoms with Gasteiger partial charge >= 0.3 is 0 Å². The molecule has 0 saturated carbocycles.